The molecule has 0 aliphatic heterocycles. The molecule has 0 N–H and O–H groups in total. The highest BCUT2D eigenvalue weighted by Crippen LogP contribution is 2.14. The lowest BCUT2D eigenvalue weighted by atomic mass is 10.1. The van der Waals surface area contributed by atoms with E-state index in [9.17, 15) is 14.4 Å². The Labute approximate surface area is 306 Å². The molecule has 0 aliphatic rings. The van der Waals surface area contributed by atoms with Gasteiger partial charge in [-0.3, -0.25) is 14.4 Å². The van der Waals surface area contributed by atoms with Crippen molar-refractivity contribution >= 4 is 28.9 Å². The van der Waals surface area contributed by atoms with Gasteiger partial charge in [0.05, 0.1) is 13.2 Å². The van der Waals surface area contributed by atoms with Crippen molar-refractivity contribution in [2.45, 2.75) is 169 Å². The Morgan fingerprint density at radius 2 is 0.939 bits per heavy atom. The Kier molecular flexibility index (Phi) is 36.1. The van der Waals surface area contributed by atoms with E-state index in [1.54, 1.807) is 0 Å². The standard InChI is InChI=1S/C41H76N2O5S/c1-5-9-11-13-15-17-19-25-31-39(44)47-36-29-23-21-27-33-43(41(46)49-38-35-42(7-3)8-4)34-28-22-24-30-37-48-40(45)32-26-20-18-16-14-12-10-6-2/h17-20H,5-16,21-38H2,1-4H3. The van der Waals surface area contributed by atoms with Crippen LogP contribution in [0, 0.1) is 0 Å². The number of nitrogens with zero attached hydrogens (tertiary/aromatic N) is 2. The van der Waals surface area contributed by atoms with E-state index in [0.29, 0.717) is 26.1 Å². The van der Waals surface area contributed by atoms with Crippen molar-refractivity contribution in [2.24, 2.45) is 0 Å². The highest BCUT2D eigenvalue weighted by atomic mass is 32.2. The van der Waals surface area contributed by atoms with E-state index in [1.807, 2.05) is 4.90 Å². The number of carbonyl (C=O) groups excluding carboxylic acids is 3. The molecule has 49 heavy (non-hydrogen) atoms. The van der Waals surface area contributed by atoms with Gasteiger partial charge in [-0.25, -0.2) is 0 Å². The Hall–Kier alpha value is -1.80. The molecule has 0 spiro atoms. The summed E-state index contributed by atoms with van der Waals surface area (Å²) in [5.74, 6) is 0.601. The van der Waals surface area contributed by atoms with Gasteiger partial charge in [0.15, 0.2) is 0 Å². The monoisotopic (exact) mass is 709 g/mol. The summed E-state index contributed by atoms with van der Waals surface area (Å²) in [6, 6.07) is 0. The molecule has 286 valence electrons. The molecule has 1 amide bonds. The Morgan fingerprint density at radius 3 is 1.39 bits per heavy atom. The number of amides is 1. The van der Waals surface area contributed by atoms with Gasteiger partial charge in [-0.05, 0) is 90.1 Å². The van der Waals surface area contributed by atoms with Gasteiger partial charge >= 0.3 is 11.9 Å². The second-order valence-electron chi connectivity index (χ2n) is 13.1. The predicted octanol–water partition coefficient (Wildman–Crippen LogP) is 11.3. The van der Waals surface area contributed by atoms with Gasteiger partial charge in [0.1, 0.15) is 0 Å². The van der Waals surface area contributed by atoms with Gasteiger partial charge < -0.3 is 19.3 Å². The molecule has 0 fully saturated rings. The summed E-state index contributed by atoms with van der Waals surface area (Å²) in [7, 11) is 0. The summed E-state index contributed by atoms with van der Waals surface area (Å²) in [5.41, 5.74) is 0. The number of carbonyl (C=O) groups is 3. The van der Waals surface area contributed by atoms with Crippen LogP contribution in [0.25, 0.3) is 0 Å². The van der Waals surface area contributed by atoms with Crippen LogP contribution in [0.15, 0.2) is 24.3 Å². The molecule has 0 aliphatic carbocycles. The van der Waals surface area contributed by atoms with E-state index in [-0.39, 0.29) is 17.2 Å². The zero-order valence-electron chi connectivity index (χ0n) is 32.4. The van der Waals surface area contributed by atoms with Crippen molar-refractivity contribution in [3.63, 3.8) is 0 Å². The van der Waals surface area contributed by atoms with Crippen LogP contribution in [-0.2, 0) is 19.1 Å². The van der Waals surface area contributed by atoms with Crippen molar-refractivity contribution in [2.75, 3.05) is 51.7 Å². The maximum Gasteiger partial charge on any atom is 0.306 e. The summed E-state index contributed by atoms with van der Waals surface area (Å²) in [5, 5.41) is 0.181. The topological polar surface area (TPSA) is 76.1 Å². The van der Waals surface area contributed by atoms with Crippen molar-refractivity contribution in [3.8, 4) is 0 Å². The molecule has 8 heteroatoms. The van der Waals surface area contributed by atoms with Crippen LogP contribution in [0.2, 0.25) is 0 Å². The molecule has 0 aromatic heterocycles. The molecule has 0 bridgehead atoms. The lowest BCUT2D eigenvalue weighted by Crippen LogP contribution is -2.31. The van der Waals surface area contributed by atoms with Crippen LogP contribution in [0.4, 0.5) is 4.79 Å². The minimum atomic E-state index is -0.108. The third kappa shape index (κ3) is 33.1. The van der Waals surface area contributed by atoms with Crippen molar-refractivity contribution < 1.29 is 23.9 Å². The number of hydrogen-bond donors (Lipinski definition) is 0. The van der Waals surface area contributed by atoms with Gasteiger partial charge in [0.25, 0.3) is 5.24 Å². The smallest absolute Gasteiger partial charge is 0.306 e. The highest BCUT2D eigenvalue weighted by Gasteiger charge is 2.14. The number of thioether (sulfide) groups is 1. The number of hydrogen-bond acceptors (Lipinski definition) is 7. The zero-order valence-corrected chi connectivity index (χ0v) is 33.2. The van der Waals surface area contributed by atoms with Gasteiger partial charge in [-0.1, -0.05) is 115 Å². The van der Waals surface area contributed by atoms with Crippen LogP contribution in [0.5, 0.6) is 0 Å². The first-order valence-electron chi connectivity index (χ1n) is 20.2. The van der Waals surface area contributed by atoms with E-state index in [0.717, 1.165) is 116 Å². The van der Waals surface area contributed by atoms with Crippen molar-refractivity contribution in [1.82, 2.24) is 9.80 Å². The molecular weight excluding hydrogens is 633 g/mol. The molecule has 0 aromatic rings. The minimum absolute atomic E-state index is 0.108. The number of rotatable bonds is 35. The molecule has 7 nitrogen and oxygen atoms in total. The predicted molar refractivity (Wildman–Crippen MR) is 210 cm³/mol. The van der Waals surface area contributed by atoms with Crippen LogP contribution < -0.4 is 0 Å². The van der Waals surface area contributed by atoms with Gasteiger partial charge in [-0.15, -0.1) is 0 Å². The first kappa shape index (κ1) is 47.2. The highest BCUT2D eigenvalue weighted by molar-refractivity contribution is 8.13. The number of allylic oxidation sites excluding steroid dienone is 4. The fraction of sp³-hybridized carbons (Fsp3) is 0.829. The summed E-state index contributed by atoms with van der Waals surface area (Å²) in [4.78, 5) is 41.5. The maximum atomic E-state index is 13.1. The van der Waals surface area contributed by atoms with Gasteiger partial charge in [0.2, 0.25) is 0 Å². The average molecular weight is 709 g/mol. The molecule has 0 aromatic carbocycles. The third-order valence-electron chi connectivity index (χ3n) is 8.77. The van der Waals surface area contributed by atoms with Crippen LogP contribution in [0.3, 0.4) is 0 Å². The molecule has 0 atom stereocenters. The fourth-order valence-electron chi connectivity index (χ4n) is 5.47. The third-order valence-corrected chi connectivity index (χ3v) is 9.66. The van der Waals surface area contributed by atoms with Crippen LogP contribution >= 0.6 is 11.8 Å². The molecule has 0 radical (unpaired) electrons. The van der Waals surface area contributed by atoms with Crippen LogP contribution in [0.1, 0.15) is 169 Å². The molecule has 0 unspecified atom stereocenters. The van der Waals surface area contributed by atoms with E-state index in [2.05, 4.69) is 56.9 Å². The van der Waals surface area contributed by atoms with E-state index in [4.69, 9.17) is 9.47 Å². The number of esters is 2. The second-order valence-corrected chi connectivity index (χ2v) is 14.2. The molecule has 0 saturated carbocycles. The Bertz CT molecular complexity index is 779. The second kappa shape index (κ2) is 37.5. The minimum Gasteiger partial charge on any atom is -0.466 e. The molecule has 0 saturated heterocycles. The normalized spacial score (nSPS) is 11.6. The zero-order chi connectivity index (χ0) is 36.0. The first-order valence-corrected chi connectivity index (χ1v) is 21.2. The largest absolute Gasteiger partial charge is 0.466 e. The van der Waals surface area contributed by atoms with Crippen molar-refractivity contribution in [3.05, 3.63) is 24.3 Å². The number of unbranched alkanes of at least 4 members (excludes halogenated alkanes) is 14. The summed E-state index contributed by atoms with van der Waals surface area (Å²) in [6.07, 6.45) is 31.1. The average Bonchev–Trinajstić information content (AvgIpc) is 3.10. The summed E-state index contributed by atoms with van der Waals surface area (Å²) >= 11 is 1.44. The maximum absolute atomic E-state index is 13.1. The summed E-state index contributed by atoms with van der Waals surface area (Å²) < 4.78 is 10.8. The SMILES string of the molecule is CCCCCCC=CCCC(=O)OCCCCCCN(CCCCCCOC(=O)CCC=CCCCCCC)C(=O)SCCN(CC)CC. The lowest BCUT2D eigenvalue weighted by Gasteiger charge is -2.23. The van der Waals surface area contributed by atoms with Crippen molar-refractivity contribution in [1.29, 1.82) is 0 Å². The Morgan fingerprint density at radius 1 is 0.510 bits per heavy atom. The molecule has 0 heterocycles. The van der Waals surface area contributed by atoms with Crippen LogP contribution in [-0.4, -0.2) is 78.7 Å². The first-order chi connectivity index (χ1) is 24.0. The molecular formula is C41H76N2O5S. The quantitative estimate of drug-likeness (QED) is 0.0368. The lowest BCUT2D eigenvalue weighted by molar-refractivity contribution is -0.144. The fourth-order valence-corrected chi connectivity index (χ4v) is 6.36. The van der Waals surface area contributed by atoms with Gasteiger partial charge in [-0.2, -0.15) is 0 Å². The Balaban J connectivity index is 4.21. The number of ether oxygens (including phenoxy) is 2. The van der Waals surface area contributed by atoms with E-state index in [1.165, 1.54) is 63.1 Å². The van der Waals surface area contributed by atoms with E-state index >= 15 is 0 Å². The molecule has 0 rings (SSSR count). The summed E-state index contributed by atoms with van der Waals surface area (Å²) in [6.45, 7) is 14.2. The van der Waals surface area contributed by atoms with E-state index < -0.39 is 0 Å². The van der Waals surface area contributed by atoms with Gasteiger partial charge in [0, 0.05) is 38.2 Å².